The fraction of sp³-hybridized carbons (Fsp3) is 0.321. The molecule has 2 aliphatic heterocycles. The van der Waals surface area contributed by atoms with Gasteiger partial charge in [-0.15, -0.1) is 0 Å². The molecule has 0 spiro atoms. The first-order chi connectivity index (χ1) is 18.4. The zero-order valence-corrected chi connectivity index (χ0v) is 20.8. The van der Waals surface area contributed by atoms with Crippen molar-refractivity contribution in [2.75, 3.05) is 62.2 Å². The number of hydrogen-bond donors (Lipinski definition) is 0. The van der Waals surface area contributed by atoms with E-state index in [9.17, 15) is 18.8 Å². The van der Waals surface area contributed by atoms with E-state index in [1.165, 1.54) is 12.1 Å². The van der Waals surface area contributed by atoms with E-state index in [2.05, 4.69) is 16.0 Å². The van der Waals surface area contributed by atoms with Crippen molar-refractivity contribution in [3.63, 3.8) is 0 Å². The highest BCUT2D eigenvalue weighted by Gasteiger charge is 2.28. The van der Waals surface area contributed by atoms with E-state index in [-0.39, 0.29) is 17.7 Å². The van der Waals surface area contributed by atoms with Gasteiger partial charge in [-0.05, 0) is 36.4 Å². The Morgan fingerprint density at radius 3 is 2.26 bits per heavy atom. The highest BCUT2D eigenvalue weighted by molar-refractivity contribution is 5.95. The summed E-state index contributed by atoms with van der Waals surface area (Å²) >= 11 is 0. The van der Waals surface area contributed by atoms with Crippen molar-refractivity contribution in [1.82, 2.24) is 14.8 Å². The van der Waals surface area contributed by atoms with Gasteiger partial charge >= 0.3 is 0 Å². The van der Waals surface area contributed by atoms with Crippen LogP contribution in [0.1, 0.15) is 21.5 Å². The van der Waals surface area contributed by atoms with E-state index in [1.807, 2.05) is 28.0 Å². The topological polar surface area (TPSA) is 66.7 Å². The van der Waals surface area contributed by atoms with Crippen molar-refractivity contribution < 1.29 is 18.0 Å². The van der Waals surface area contributed by atoms with Crippen molar-refractivity contribution in [3.8, 4) is 6.07 Å². The minimum atomic E-state index is -0.824. The Morgan fingerprint density at radius 1 is 0.868 bits per heavy atom. The van der Waals surface area contributed by atoms with Gasteiger partial charge in [0.1, 0.15) is 29.3 Å². The number of hydrogen-bond acceptors (Lipinski definition) is 6. The van der Waals surface area contributed by atoms with Gasteiger partial charge in [-0.3, -0.25) is 9.69 Å². The summed E-state index contributed by atoms with van der Waals surface area (Å²) < 4.78 is 43.4. The van der Waals surface area contributed by atoms with Crippen LogP contribution in [-0.2, 0) is 6.54 Å². The molecular weight excluding hydrogens is 493 g/mol. The predicted octanol–water partition coefficient (Wildman–Crippen LogP) is 3.66. The summed E-state index contributed by atoms with van der Waals surface area (Å²) in [5, 5.41) is 9.38. The number of nitrogens with zero attached hydrogens (tertiary/aromatic N) is 6. The quantitative estimate of drug-likeness (QED) is 0.512. The van der Waals surface area contributed by atoms with Gasteiger partial charge in [-0.25, -0.2) is 18.2 Å². The molecule has 3 heterocycles. The van der Waals surface area contributed by atoms with Crippen LogP contribution in [-0.4, -0.2) is 73.0 Å². The van der Waals surface area contributed by atoms with Gasteiger partial charge in [0.05, 0.1) is 23.0 Å². The van der Waals surface area contributed by atoms with E-state index in [0.29, 0.717) is 63.7 Å². The van der Waals surface area contributed by atoms with Crippen molar-refractivity contribution in [3.05, 3.63) is 88.9 Å². The molecule has 0 atom stereocenters. The van der Waals surface area contributed by atoms with Gasteiger partial charge in [0.25, 0.3) is 5.91 Å². The van der Waals surface area contributed by atoms with Crippen molar-refractivity contribution in [1.29, 1.82) is 5.26 Å². The molecule has 2 aromatic carbocycles. The van der Waals surface area contributed by atoms with Gasteiger partial charge < -0.3 is 14.7 Å². The first-order valence-corrected chi connectivity index (χ1v) is 12.5. The van der Waals surface area contributed by atoms with Gasteiger partial charge in [0, 0.05) is 64.5 Å². The number of amides is 1. The molecule has 10 heteroatoms. The number of rotatable bonds is 5. The van der Waals surface area contributed by atoms with Gasteiger partial charge in [0.15, 0.2) is 0 Å². The van der Waals surface area contributed by atoms with E-state index in [1.54, 1.807) is 17.0 Å². The highest BCUT2D eigenvalue weighted by atomic mass is 19.1. The number of aromatic nitrogens is 1. The molecule has 0 aliphatic carbocycles. The lowest BCUT2D eigenvalue weighted by Crippen LogP contribution is -2.49. The summed E-state index contributed by atoms with van der Waals surface area (Å²) in [6.07, 6.45) is 1.15. The number of halogens is 3. The fourth-order valence-corrected chi connectivity index (χ4v) is 4.99. The number of anilines is 2. The van der Waals surface area contributed by atoms with Crippen molar-refractivity contribution in [2.24, 2.45) is 0 Å². The minimum absolute atomic E-state index is 0.0521. The van der Waals surface area contributed by atoms with Gasteiger partial charge in [-0.2, -0.15) is 5.26 Å². The fourth-order valence-electron chi connectivity index (χ4n) is 4.99. The largest absolute Gasteiger partial charge is 0.368 e. The molecule has 0 N–H and O–H groups in total. The van der Waals surface area contributed by atoms with Gasteiger partial charge in [-0.1, -0.05) is 12.1 Å². The third kappa shape index (κ3) is 5.29. The monoisotopic (exact) mass is 520 g/mol. The third-order valence-electron chi connectivity index (χ3n) is 7.14. The second-order valence-electron chi connectivity index (χ2n) is 9.39. The Hall–Kier alpha value is -4.10. The third-order valence-corrected chi connectivity index (χ3v) is 7.14. The van der Waals surface area contributed by atoms with Gasteiger partial charge in [0.2, 0.25) is 0 Å². The van der Waals surface area contributed by atoms with Crippen molar-refractivity contribution >= 4 is 17.4 Å². The summed E-state index contributed by atoms with van der Waals surface area (Å²) in [4.78, 5) is 24.8. The molecule has 2 aliphatic rings. The molecule has 0 bridgehead atoms. The average Bonchev–Trinajstić information content (AvgIpc) is 2.96. The number of carbonyl (C=O) groups is 1. The molecule has 2 fully saturated rings. The Bertz CT molecular complexity index is 1340. The van der Waals surface area contributed by atoms with Crippen LogP contribution in [0.5, 0.6) is 0 Å². The SMILES string of the molecule is N#Cc1ccccc1N1CCN(Cc2c(F)ccc(C(=O)N3CCN(c4ccc(F)cn4)CC3)c2F)CC1. The zero-order valence-electron chi connectivity index (χ0n) is 20.8. The Balaban J connectivity index is 1.22. The summed E-state index contributed by atoms with van der Waals surface area (Å²) in [6.45, 7) is 4.05. The molecule has 3 aromatic rings. The Labute approximate surface area is 219 Å². The summed E-state index contributed by atoms with van der Waals surface area (Å²) in [5.41, 5.74) is 1.20. The predicted molar refractivity (Wildman–Crippen MR) is 137 cm³/mol. The molecule has 2 saturated heterocycles. The maximum atomic E-state index is 15.5. The number of para-hydroxylation sites is 1. The van der Waals surface area contributed by atoms with Crippen LogP contribution >= 0.6 is 0 Å². The molecule has 38 heavy (non-hydrogen) atoms. The number of nitriles is 1. The van der Waals surface area contributed by atoms with Crippen LogP contribution in [0.3, 0.4) is 0 Å². The lowest BCUT2D eigenvalue weighted by atomic mass is 10.1. The van der Waals surface area contributed by atoms with Crippen LogP contribution in [0.4, 0.5) is 24.7 Å². The first-order valence-electron chi connectivity index (χ1n) is 12.5. The van der Waals surface area contributed by atoms with Crippen LogP contribution in [0.2, 0.25) is 0 Å². The molecule has 196 valence electrons. The van der Waals surface area contributed by atoms with Crippen LogP contribution < -0.4 is 9.80 Å². The minimum Gasteiger partial charge on any atom is -0.368 e. The van der Waals surface area contributed by atoms with Crippen LogP contribution in [0.15, 0.2) is 54.7 Å². The molecule has 7 nitrogen and oxygen atoms in total. The van der Waals surface area contributed by atoms with Crippen LogP contribution in [0, 0.1) is 28.8 Å². The Kier molecular flexibility index (Phi) is 7.47. The molecule has 0 unspecified atom stereocenters. The highest BCUT2D eigenvalue weighted by Crippen LogP contribution is 2.25. The average molecular weight is 521 g/mol. The normalized spacial score (nSPS) is 16.4. The van der Waals surface area contributed by atoms with E-state index >= 15 is 4.39 Å². The second-order valence-corrected chi connectivity index (χ2v) is 9.39. The molecular formula is C28H27F3N6O. The molecule has 5 rings (SSSR count). The van der Waals surface area contributed by atoms with Crippen molar-refractivity contribution in [2.45, 2.75) is 6.54 Å². The summed E-state index contributed by atoms with van der Waals surface area (Å²) in [5.74, 6) is -1.78. The number of benzene rings is 2. The lowest BCUT2D eigenvalue weighted by molar-refractivity contribution is 0.0741. The Morgan fingerprint density at radius 2 is 1.58 bits per heavy atom. The van der Waals surface area contributed by atoms with E-state index < -0.39 is 23.4 Å². The maximum Gasteiger partial charge on any atom is 0.256 e. The smallest absolute Gasteiger partial charge is 0.256 e. The zero-order chi connectivity index (χ0) is 26.6. The second kappa shape index (κ2) is 11.1. The first kappa shape index (κ1) is 25.5. The number of carbonyl (C=O) groups excluding carboxylic acids is 1. The molecule has 0 saturated carbocycles. The number of piperazine rings is 2. The van der Waals surface area contributed by atoms with Crippen LogP contribution in [0.25, 0.3) is 0 Å². The van der Waals surface area contributed by atoms with E-state index in [0.717, 1.165) is 18.0 Å². The maximum absolute atomic E-state index is 15.5. The molecule has 0 radical (unpaired) electrons. The molecule has 1 amide bonds. The lowest BCUT2D eigenvalue weighted by Gasteiger charge is -2.37. The van der Waals surface area contributed by atoms with E-state index in [4.69, 9.17) is 0 Å². The standard InChI is InChI=1S/C28H27F3N6O/c29-21-5-8-26(33-18-21)36-13-15-37(16-14-36)28(38)22-6-7-24(30)23(27(22)31)19-34-9-11-35(12-10-34)25-4-2-1-3-20(25)17-32/h1-8,18H,9-16,19H2. The summed E-state index contributed by atoms with van der Waals surface area (Å²) in [6, 6.07) is 14.9. The summed E-state index contributed by atoms with van der Waals surface area (Å²) in [7, 11) is 0. The molecule has 1 aromatic heterocycles. The number of pyridine rings is 1.